The van der Waals surface area contributed by atoms with E-state index < -0.39 is 0 Å². The molecular weight excluding hydrogens is 248 g/mol. The van der Waals surface area contributed by atoms with E-state index >= 15 is 0 Å². The van der Waals surface area contributed by atoms with Crippen LogP contribution in [0.15, 0.2) is 0 Å². The summed E-state index contributed by atoms with van der Waals surface area (Å²) in [7, 11) is 0.404. The van der Waals surface area contributed by atoms with Gasteiger partial charge in [-0.1, -0.05) is 65.7 Å². The molecule has 0 N–H and O–H groups in total. The maximum atomic E-state index is 3.57. The lowest BCUT2D eigenvalue weighted by atomic mass is 10.1. The van der Waals surface area contributed by atoms with Crippen molar-refractivity contribution in [2.75, 3.05) is 11.5 Å². The first-order chi connectivity index (χ1) is 9.35. The molecule has 19 heavy (non-hydrogen) atoms. The minimum atomic E-state index is 0.404. The molecule has 0 aromatic rings. The van der Waals surface area contributed by atoms with Crippen LogP contribution in [-0.2, 0) is 10.9 Å². The van der Waals surface area contributed by atoms with Gasteiger partial charge in [-0.05, 0) is 25.2 Å². The molecule has 0 bridgehead atoms. The van der Waals surface area contributed by atoms with Crippen LogP contribution in [0.2, 0.25) is 0 Å². The predicted molar refractivity (Wildman–Crippen MR) is 92.7 cm³/mol. The first-order valence-electron chi connectivity index (χ1n) is 8.51. The molecule has 112 valence electrons. The van der Waals surface area contributed by atoms with Crippen LogP contribution in [0.25, 0.3) is 0 Å². The Morgan fingerprint density at radius 3 is 1.74 bits per heavy atom. The summed E-state index contributed by atoms with van der Waals surface area (Å²) in [6.07, 6.45) is 14.8. The molecule has 0 nitrogen and oxygen atoms in total. The average Bonchev–Trinajstić information content (AvgIpc) is 2.43. The molecule has 0 rings (SSSR count). The van der Waals surface area contributed by atoms with E-state index in [0.717, 1.165) is 6.42 Å². The van der Waals surface area contributed by atoms with Crippen LogP contribution < -0.4 is 0 Å². The van der Waals surface area contributed by atoms with E-state index in [-0.39, 0.29) is 0 Å². The van der Waals surface area contributed by atoms with E-state index in [1.165, 1.54) is 75.7 Å². The minimum Gasteiger partial charge on any atom is -0.0654 e. The van der Waals surface area contributed by atoms with Crippen molar-refractivity contribution >= 4 is 10.9 Å². The van der Waals surface area contributed by atoms with Crippen LogP contribution in [0, 0.1) is 11.2 Å². The van der Waals surface area contributed by atoms with Gasteiger partial charge in [0.25, 0.3) is 0 Å². The summed E-state index contributed by atoms with van der Waals surface area (Å²) in [5.74, 6) is 6.15. The maximum absolute atomic E-state index is 3.57. The van der Waals surface area contributed by atoms with Gasteiger partial charge in [-0.15, -0.1) is 0 Å². The summed E-state index contributed by atoms with van der Waals surface area (Å²) >= 11 is 0. The predicted octanol–water partition coefficient (Wildman–Crippen LogP) is 5.92. The highest BCUT2D eigenvalue weighted by Gasteiger charge is 2.13. The van der Waals surface area contributed by atoms with Crippen molar-refractivity contribution in [1.82, 2.24) is 0 Å². The summed E-state index contributed by atoms with van der Waals surface area (Å²) in [6.45, 7) is 6.84. The van der Waals surface area contributed by atoms with E-state index in [9.17, 15) is 0 Å². The molecule has 0 aliphatic rings. The normalized spacial score (nSPS) is 10.5. The molecule has 0 saturated heterocycles. The van der Waals surface area contributed by atoms with E-state index in [1.807, 2.05) is 0 Å². The lowest BCUT2D eigenvalue weighted by Crippen LogP contribution is -2.09. The fraction of sp³-hybridized carbons (Fsp3) is 0.889. The van der Waals surface area contributed by atoms with Crippen LogP contribution in [0.3, 0.4) is 0 Å². The molecule has 0 fully saturated rings. The third kappa shape index (κ3) is 14.1. The maximum Gasteiger partial charge on any atom is 0.152 e. The molecule has 0 radical (unpaired) electrons. The highest BCUT2D eigenvalue weighted by molar-refractivity contribution is 8.01. The molecule has 0 heterocycles. The standard InChI is InChI=1S/C18H35S/c1-4-7-10-11-12-13-14-15-18-19(16-8-5-2)17-9-6-3/h4-14,16-17H2,1-3H3/q+1. The first-order valence-corrected chi connectivity index (χ1v) is 10.1. The van der Waals surface area contributed by atoms with Crippen molar-refractivity contribution in [3.8, 4) is 11.2 Å². The van der Waals surface area contributed by atoms with Gasteiger partial charge in [0.2, 0.25) is 0 Å². The Balaban J connectivity index is 3.65. The third-order valence-corrected chi connectivity index (χ3v) is 5.36. The molecule has 0 aromatic heterocycles. The Morgan fingerprint density at radius 2 is 1.16 bits per heavy atom. The van der Waals surface area contributed by atoms with Crippen LogP contribution in [0.5, 0.6) is 0 Å². The third-order valence-electron chi connectivity index (χ3n) is 3.36. The van der Waals surface area contributed by atoms with E-state index in [2.05, 4.69) is 31.9 Å². The molecule has 0 aromatic carbocycles. The van der Waals surface area contributed by atoms with Crippen molar-refractivity contribution in [1.29, 1.82) is 0 Å². The Kier molecular flexibility index (Phi) is 15.9. The van der Waals surface area contributed by atoms with Gasteiger partial charge < -0.3 is 0 Å². The van der Waals surface area contributed by atoms with Crippen molar-refractivity contribution in [3.63, 3.8) is 0 Å². The second-order valence-electron chi connectivity index (χ2n) is 5.40. The second-order valence-corrected chi connectivity index (χ2v) is 7.41. The number of hydrogen-bond acceptors (Lipinski definition) is 0. The smallest absolute Gasteiger partial charge is 0.0654 e. The van der Waals surface area contributed by atoms with Crippen molar-refractivity contribution in [3.05, 3.63) is 0 Å². The summed E-state index contributed by atoms with van der Waals surface area (Å²) in [6, 6.07) is 0. The lowest BCUT2D eigenvalue weighted by molar-refractivity contribution is 0.614. The fourth-order valence-corrected chi connectivity index (χ4v) is 3.98. The minimum absolute atomic E-state index is 0.404. The zero-order valence-electron chi connectivity index (χ0n) is 13.6. The average molecular weight is 284 g/mol. The Bertz CT molecular complexity index is 216. The van der Waals surface area contributed by atoms with Crippen molar-refractivity contribution in [2.24, 2.45) is 0 Å². The number of rotatable bonds is 12. The number of unbranched alkanes of at least 4 members (excludes halogenated alkanes) is 8. The van der Waals surface area contributed by atoms with Gasteiger partial charge in [0, 0.05) is 6.42 Å². The molecule has 1 heteroatoms. The van der Waals surface area contributed by atoms with Gasteiger partial charge >= 0.3 is 0 Å². The summed E-state index contributed by atoms with van der Waals surface area (Å²) < 4.78 is 0. The largest absolute Gasteiger partial charge is 0.152 e. The molecule has 0 aliphatic heterocycles. The van der Waals surface area contributed by atoms with Crippen LogP contribution >= 0.6 is 0 Å². The lowest BCUT2D eigenvalue weighted by Gasteiger charge is -1.99. The molecule has 0 aliphatic carbocycles. The Hall–Kier alpha value is -0.0900. The first kappa shape index (κ1) is 18.9. The second kappa shape index (κ2) is 16.0. The number of hydrogen-bond donors (Lipinski definition) is 0. The zero-order chi connectivity index (χ0) is 14.2. The van der Waals surface area contributed by atoms with Crippen molar-refractivity contribution in [2.45, 2.75) is 91.4 Å². The molecule has 0 unspecified atom stereocenters. The highest BCUT2D eigenvalue weighted by Crippen LogP contribution is 2.07. The van der Waals surface area contributed by atoms with Gasteiger partial charge in [0.1, 0.15) is 11.5 Å². The highest BCUT2D eigenvalue weighted by atomic mass is 32.2. The molecule has 0 spiro atoms. The fourth-order valence-electron chi connectivity index (χ4n) is 1.99. The molecule has 0 amide bonds. The van der Waals surface area contributed by atoms with Gasteiger partial charge in [0.15, 0.2) is 5.25 Å². The zero-order valence-corrected chi connectivity index (χ0v) is 14.4. The topological polar surface area (TPSA) is 0 Å². The van der Waals surface area contributed by atoms with Crippen LogP contribution in [0.1, 0.15) is 91.4 Å². The summed E-state index contributed by atoms with van der Waals surface area (Å²) in [5.41, 5.74) is 0. The molecular formula is C18H35S+. The molecule has 0 atom stereocenters. The van der Waals surface area contributed by atoms with Gasteiger partial charge in [-0.25, -0.2) is 0 Å². The Labute approximate surface area is 125 Å². The van der Waals surface area contributed by atoms with Gasteiger partial charge in [-0.3, -0.25) is 0 Å². The van der Waals surface area contributed by atoms with E-state index in [0.29, 0.717) is 10.9 Å². The van der Waals surface area contributed by atoms with Crippen LogP contribution in [-0.4, -0.2) is 11.5 Å². The monoisotopic (exact) mass is 283 g/mol. The quantitative estimate of drug-likeness (QED) is 0.237. The van der Waals surface area contributed by atoms with E-state index in [1.54, 1.807) is 0 Å². The van der Waals surface area contributed by atoms with Crippen LogP contribution in [0.4, 0.5) is 0 Å². The Morgan fingerprint density at radius 1 is 0.632 bits per heavy atom. The van der Waals surface area contributed by atoms with Gasteiger partial charge in [0.05, 0.1) is 10.9 Å². The SMILES string of the molecule is CCCCCCCCC#C[S+](CCCC)CCCC. The summed E-state index contributed by atoms with van der Waals surface area (Å²) in [5, 5.41) is 3.57. The summed E-state index contributed by atoms with van der Waals surface area (Å²) in [4.78, 5) is 0. The van der Waals surface area contributed by atoms with Gasteiger partial charge in [-0.2, -0.15) is 0 Å². The van der Waals surface area contributed by atoms with E-state index in [4.69, 9.17) is 0 Å². The molecule has 0 saturated carbocycles. The van der Waals surface area contributed by atoms with Crippen molar-refractivity contribution < 1.29 is 0 Å².